The summed E-state index contributed by atoms with van der Waals surface area (Å²) in [5.74, 6) is 0.838. The van der Waals surface area contributed by atoms with E-state index in [4.69, 9.17) is 0 Å². The second kappa shape index (κ2) is 5.39. The number of allylic oxidation sites excluding steroid dienone is 4. The lowest BCUT2D eigenvalue weighted by atomic mass is 9.88. The van der Waals surface area contributed by atoms with Crippen molar-refractivity contribution < 1.29 is 0 Å². The van der Waals surface area contributed by atoms with Crippen molar-refractivity contribution in [2.45, 2.75) is 45.4 Å². The fourth-order valence-electron chi connectivity index (χ4n) is 2.75. The molecule has 84 valence electrons. The summed E-state index contributed by atoms with van der Waals surface area (Å²) >= 11 is 0. The number of likely N-dealkylation sites (tertiary alicyclic amines) is 1. The molecule has 0 aromatic heterocycles. The van der Waals surface area contributed by atoms with Crippen LogP contribution in [0.3, 0.4) is 0 Å². The van der Waals surface area contributed by atoms with E-state index in [2.05, 4.69) is 30.1 Å². The first-order chi connectivity index (χ1) is 7.42. The highest BCUT2D eigenvalue weighted by atomic mass is 15.1. The van der Waals surface area contributed by atoms with Crippen LogP contribution in [-0.4, -0.2) is 18.0 Å². The Morgan fingerprint density at radius 3 is 3.20 bits per heavy atom. The molecular formula is C14H23N. The number of hydrogen-bond acceptors (Lipinski definition) is 1. The van der Waals surface area contributed by atoms with E-state index >= 15 is 0 Å². The van der Waals surface area contributed by atoms with E-state index in [-0.39, 0.29) is 0 Å². The van der Waals surface area contributed by atoms with E-state index in [1.807, 2.05) is 0 Å². The molecule has 1 fully saturated rings. The molecule has 0 radical (unpaired) electrons. The Kier molecular flexibility index (Phi) is 3.87. The summed E-state index contributed by atoms with van der Waals surface area (Å²) in [6.45, 7) is 4.85. The Labute approximate surface area is 93.9 Å². The molecule has 1 heteroatoms. The first-order valence-electron chi connectivity index (χ1n) is 6.53. The van der Waals surface area contributed by atoms with Crippen LogP contribution in [0.1, 0.15) is 45.4 Å². The topological polar surface area (TPSA) is 3.24 Å². The van der Waals surface area contributed by atoms with Crippen molar-refractivity contribution >= 4 is 0 Å². The summed E-state index contributed by atoms with van der Waals surface area (Å²) in [5.41, 5.74) is 1.62. The van der Waals surface area contributed by atoms with Gasteiger partial charge >= 0.3 is 0 Å². The Bertz CT molecular complexity index is 252. The third kappa shape index (κ3) is 2.64. The van der Waals surface area contributed by atoms with Gasteiger partial charge in [-0.15, -0.1) is 0 Å². The zero-order valence-electron chi connectivity index (χ0n) is 9.91. The molecule has 1 nitrogen and oxygen atoms in total. The molecule has 1 atom stereocenters. The van der Waals surface area contributed by atoms with Crippen LogP contribution < -0.4 is 0 Å². The second-order valence-electron chi connectivity index (χ2n) is 4.79. The molecule has 0 amide bonds. The number of hydrogen-bond donors (Lipinski definition) is 0. The summed E-state index contributed by atoms with van der Waals surface area (Å²) in [4.78, 5) is 2.63. The maximum absolute atomic E-state index is 2.63. The Hall–Kier alpha value is -0.720. The standard InChI is InChI=1S/C14H23N/c1-2-3-6-11-15-12-7-9-13-8-4-5-10-14(13)15/h4-5,10,13H,2-3,6-9,11-12H2,1H3. The summed E-state index contributed by atoms with van der Waals surface area (Å²) in [5, 5.41) is 0. The van der Waals surface area contributed by atoms with Gasteiger partial charge in [0.15, 0.2) is 0 Å². The maximum atomic E-state index is 2.63. The van der Waals surface area contributed by atoms with E-state index in [1.54, 1.807) is 5.70 Å². The van der Waals surface area contributed by atoms with Crippen LogP contribution in [-0.2, 0) is 0 Å². The fourth-order valence-corrected chi connectivity index (χ4v) is 2.75. The van der Waals surface area contributed by atoms with E-state index in [9.17, 15) is 0 Å². The molecule has 0 saturated carbocycles. The van der Waals surface area contributed by atoms with Crippen molar-refractivity contribution in [3.8, 4) is 0 Å². The van der Waals surface area contributed by atoms with Crippen LogP contribution in [0.15, 0.2) is 23.9 Å². The summed E-state index contributed by atoms with van der Waals surface area (Å²) < 4.78 is 0. The summed E-state index contributed by atoms with van der Waals surface area (Å²) in [6, 6.07) is 0. The Morgan fingerprint density at radius 1 is 1.40 bits per heavy atom. The van der Waals surface area contributed by atoms with Crippen LogP contribution in [0, 0.1) is 5.92 Å². The van der Waals surface area contributed by atoms with Gasteiger partial charge in [-0.3, -0.25) is 0 Å². The van der Waals surface area contributed by atoms with Crippen LogP contribution in [0.4, 0.5) is 0 Å². The molecule has 0 spiro atoms. The molecule has 1 aliphatic carbocycles. The monoisotopic (exact) mass is 205 g/mol. The van der Waals surface area contributed by atoms with Crippen molar-refractivity contribution in [1.29, 1.82) is 0 Å². The highest BCUT2D eigenvalue weighted by Crippen LogP contribution is 2.32. The lowest BCUT2D eigenvalue weighted by Crippen LogP contribution is -2.34. The average Bonchev–Trinajstić information content (AvgIpc) is 2.30. The summed E-state index contributed by atoms with van der Waals surface area (Å²) in [7, 11) is 0. The van der Waals surface area contributed by atoms with Gasteiger partial charge in [0.05, 0.1) is 0 Å². The van der Waals surface area contributed by atoms with Gasteiger partial charge in [0.25, 0.3) is 0 Å². The first kappa shape index (κ1) is 10.8. The van der Waals surface area contributed by atoms with Crippen molar-refractivity contribution in [2.24, 2.45) is 5.92 Å². The number of fused-ring (bicyclic) bond motifs is 1. The SMILES string of the molecule is CCCCCN1CCCC2CC=CC=C21. The lowest BCUT2D eigenvalue weighted by Gasteiger charge is -2.38. The van der Waals surface area contributed by atoms with Gasteiger partial charge in [0.2, 0.25) is 0 Å². The van der Waals surface area contributed by atoms with Crippen molar-refractivity contribution in [2.75, 3.05) is 13.1 Å². The molecule has 0 aromatic carbocycles. The van der Waals surface area contributed by atoms with E-state index in [0.717, 1.165) is 5.92 Å². The van der Waals surface area contributed by atoms with E-state index < -0.39 is 0 Å². The average molecular weight is 205 g/mol. The van der Waals surface area contributed by atoms with E-state index in [1.165, 1.54) is 51.6 Å². The minimum absolute atomic E-state index is 0.838. The molecule has 1 heterocycles. The predicted octanol–water partition coefficient (Wildman–Crippen LogP) is 3.73. The third-order valence-electron chi connectivity index (χ3n) is 3.62. The zero-order chi connectivity index (χ0) is 10.5. The molecule has 15 heavy (non-hydrogen) atoms. The van der Waals surface area contributed by atoms with Gasteiger partial charge in [-0.1, -0.05) is 31.9 Å². The third-order valence-corrected chi connectivity index (χ3v) is 3.62. The fraction of sp³-hybridized carbons (Fsp3) is 0.714. The van der Waals surface area contributed by atoms with Gasteiger partial charge in [-0.25, -0.2) is 0 Å². The molecule has 0 N–H and O–H groups in total. The smallest absolute Gasteiger partial charge is 0.0175 e. The van der Waals surface area contributed by atoms with Gasteiger partial charge in [0.1, 0.15) is 0 Å². The Morgan fingerprint density at radius 2 is 2.33 bits per heavy atom. The molecule has 2 aliphatic rings. The minimum atomic E-state index is 0.838. The molecule has 0 bridgehead atoms. The number of piperidine rings is 1. The van der Waals surface area contributed by atoms with Crippen molar-refractivity contribution in [3.05, 3.63) is 23.9 Å². The quantitative estimate of drug-likeness (QED) is 0.632. The largest absolute Gasteiger partial charge is 0.375 e. The highest BCUT2D eigenvalue weighted by Gasteiger charge is 2.24. The minimum Gasteiger partial charge on any atom is -0.375 e. The van der Waals surface area contributed by atoms with Gasteiger partial charge in [-0.2, -0.15) is 0 Å². The normalized spacial score (nSPS) is 25.0. The van der Waals surface area contributed by atoms with E-state index in [0.29, 0.717) is 0 Å². The molecule has 2 rings (SSSR count). The zero-order valence-corrected chi connectivity index (χ0v) is 9.91. The van der Waals surface area contributed by atoms with Crippen LogP contribution >= 0.6 is 0 Å². The highest BCUT2D eigenvalue weighted by molar-refractivity contribution is 5.21. The molecule has 1 unspecified atom stereocenters. The van der Waals surface area contributed by atoms with Gasteiger partial charge < -0.3 is 4.90 Å². The molecule has 1 aliphatic heterocycles. The maximum Gasteiger partial charge on any atom is 0.0175 e. The number of nitrogens with zero attached hydrogens (tertiary/aromatic N) is 1. The molecular weight excluding hydrogens is 182 g/mol. The van der Waals surface area contributed by atoms with Crippen LogP contribution in [0.25, 0.3) is 0 Å². The second-order valence-corrected chi connectivity index (χ2v) is 4.79. The number of rotatable bonds is 4. The lowest BCUT2D eigenvalue weighted by molar-refractivity contribution is 0.236. The van der Waals surface area contributed by atoms with Crippen molar-refractivity contribution in [3.63, 3.8) is 0 Å². The summed E-state index contributed by atoms with van der Waals surface area (Å²) in [6.07, 6.45) is 15.1. The first-order valence-corrected chi connectivity index (χ1v) is 6.53. The Balaban J connectivity index is 1.91. The van der Waals surface area contributed by atoms with Gasteiger partial charge in [-0.05, 0) is 31.8 Å². The van der Waals surface area contributed by atoms with Crippen LogP contribution in [0.5, 0.6) is 0 Å². The molecule has 1 saturated heterocycles. The van der Waals surface area contributed by atoms with Crippen LogP contribution in [0.2, 0.25) is 0 Å². The van der Waals surface area contributed by atoms with Crippen molar-refractivity contribution in [1.82, 2.24) is 4.90 Å². The van der Waals surface area contributed by atoms with Gasteiger partial charge in [0, 0.05) is 24.7 Å². The number of unbranched alkanes of at least 4 members (excludes halogenated alkanes) is 2. The predicted molar refractivity (Wildman–Crippen MR) is 65.7 cm³/mol. The molecule has 0 aromatic rings.